The number of rotatable bonds is 4. The van der Waals surface area contributed by atoms with E-state index in [0.29, 0.717) is 26.2 Å². The van der Waals surface area contributed by atoms with E-state index in [1.807, 2.05) is 30.3 Å². The van der Waals surface area contributed by atoms with Crippen LogP contribution in [0.25, 0.3) is 0 Å². The first-order chi connectivity index (χ1) is 11.9. The monoisotopic (exact) mass is 360 g/mol. The topological polar surface area (TPSA) is 77.9 Å². The Balaban J connectivity index is 1.81. The molecule has 0 amide bonds. The van der Waals surface area contributed by atoms with E-state index >= 15 is 0 Å². The standard InChI is InChI=1S/C18H20N2O4S/c1-14-16(18(21)22)8-5-9-17(14)25(23,24)20-12-10-19(11-13-20)15-6-3-2-4-7-15/h2-9H,10-13H2,1H3,(H,21,22). The van der Waals surface area contributed by atoms with Crippen LogP contribution in [-0.2, 0) is 10.0 Å². The second-order valence-electron chi connectivity index (χ2n) is 5.96. The summed E-state index contributed by atoms with van der Waals surface area (Å²) in [6.07, 6.45) is 0. The molecule has 0 unspecified atom stereocenters. The summed E-state index contributed by atoms with van der Waals surface area (Å²) in [4.78, 5) is 13.5. The van der Waals surface area contributed by atoms with E-state index in [0.717, 1.165) is 5.69 Å². The molecule has 0 radical (unpaired) electrons. The summed E-state index contributed by atoms with van der Waals surface area (Å²) in [5.41, 5.74) is 1.37. The van der Waals surface area contributed by atoms with Gasteiger partial charge in [0.25, 0.3) is 0 Å². The molecule has 0 saturated carbocycles. The number of piperazine rings is 1. The molecule has 7 heteroatoms. The van der Waals surface area contributed by atoms with Crippen LogP contribution >= 0.6 is 0 Å². The number of hydrogen-bond donors (Lipinski definition) is 1. The van der Waals surface area contributed by atoms with Gasteiger partial charge in [-0.15, -0.1) is 0 Å². The van der Waals surface area contributed by atoms with Gasteiger partial charge in [0.2, 0.25) is 10.0 Å². The van der Waals surface area contributed by atoms with Crippen LogP contribution in [0.2, 0.25) is 0 Å². The fourth-order valence-electron chi connectivity index (χ4n) is 3.09. The fraction of sp³-hybridized carbons (Fsp3) is 0.278. The maximum Gasteiger partial charge on any atom is 0.335 e. The normalized spacial score (nSPS) is 16.0. The highest BCUT2D eigenvalue weighted by molar-refractivity contribution is 7.89. The van der Waals surface area contributed by atoms with Crippen LogP contribution in [0.3, 0.4) is 0 Å². The van der Waals surface area contributed by atoms with Gasteiger partial charge >= 0.3 is 5.97 Å². The zero-order valence-electron chi connectivity index (χ0n) is 13.9. The van der Waals surface area contributed by atoms with Crippen molar-refractivity contribution in [2.75, 3.05) is 31.1 Å². The Kier molecular flexibility index (Phi) is 4.78. The zero-order chi connectivity index (χ0) is 18.0. The summed E-state index contributed by atoms with van der Waals surface area (Å²) in [5, 5.41) is 9.21. The summed E-state index contributed by atoms with van der Waals surface area (Å²) in [6.45, 7) is 3.47. The summed E-state index contributed by atoms with van der Waals surface area (Å²) in [7, 11) is -3.71. The summed E-state index contributed by atoms with van der Waals surface area (Å²) >= 11 is 0. The molecule has 0 aromatic heterocycles. The van der Waals surface area contributed by atoms with Gasteiger partial charge in [-0.3, -0.25) is 0 Å². The number of sulfonamides is 1. The highest BCUT2D eigenvalue weighted by Gasteiger charge is 2.30. The van der Waals surface area contributed by atoms with Crippen LogP contribution in [-0.4, -0.2) is 50.0 Å². The highest BCUT2D eigenvalue weighted by Crippen LogP contribution is 2.25. The van der Waals surface area contributed by atoms with Crippen molar-refractivity contribution in [3.63, 3.8) is 0 Å². The average molecular weight is 360 g/mol. The molecule has 6 nitrogen and oxygen atoms in total. The van der Waals surface area contributed by atoms with Crippen molar-refractivity contribution >= 4 is 21.7 Å². The Morgan fingerprint density at radius 3 is 2.20 bits per heavy atom. The van der Waals surface area contributed by atoms with E-state index in [1.54, 1.807) is 0 Å². The Morgan fingerprint density at radius 1 is 0.960 bits per heavy atom. The Hall–Kier alpha value is -2.38. The second-order valence-corrected chi connectivity index (χ2v) is 7.87. The van der Waals surface area contributed by atoms with Gasteiger partial charge in [0, 0.05) is 31.9 Å². The number of carboxylic acid groups (broad SMARTS) is 1. The summed E-state index contributed by atoms with van der Waals surface area (Å²) in [6, 6.07) is 14.2. The van der Waals surface area contributed by atoms with Crippen molar-refractivity contribution in [2.45, 2.75) is 11.8 Å². The predicted molar refractivity (Wildman–Crippen MR) is 95.6 cm³/mol. The molecule has 1 aliphatic rings. The molecule has 0 bridgehead atoms. The Labute approximate surface area is 147 Å². The largest absolute Gasteiger partial charge is 0.478 e. The molecule has 0 atom stereocenters. The van der Waals surface area contributed by atoms with Crippen molar-refractivity contribution in [2.24, 2.45) is 0 Å². The third-order valence-electron chi connectivity index (χ3n) is 4.49. The lowest BCUT2D eigenvalue weighted by atomic mass is 10.1. The van der Waals surface area contributed by atoms with Crippen molar-refractivity contribution in [3.8, 4) is 0 Å². The van der Waals surface area contributed by atoms with Gasteiger partial charge in [-0.2, -0.15) is 4.31 Å². The third-order valence-corrected chi connectivity index (χ3v) is 6.54. The first kappa shape index (κ1) is 17.4. The number of aromatic carboxylic acids is 1. The van der Waals surface area contributed by atoms with E-state index < -0.39 is 16.0 Å². The van der Waals surface area contributed by atoms with Gasteiger partial charge in [0.05, 0.1) is 10.5 Å². The number of hydrogen-bond acceptors (Lipinski definition) is 4. The van der Waals surface area contributed by atoms with Gasteiger partial charge in [-0.1, -0.05) is 24.3 Å². The average Bonchev–Trinajstić information content (AvgIpc) is 2.62. The molecule has 1 aliphatic heterocycles. The highest BCUT2D eigenvalue weighted by atomic mass is 32.2. The van der Waals surface area contributed by atoms with Gasteiger partial charge < -0.3 is 10.0 Å². The van der Waals surface area contributed by atoms with E-state index in [1.165, 1.54) is 29.4 Å². The van der Waals surface area contributed by atoms with E-state index in [4.69, 9.17) is 0 Å². The number of para-hydroxylation sites is 1. The van der Waals surface area contributed by atoms with E-state index in [9.17, 15) is 18.3 Å². The van der Waals surface area contributed by atoms with Crippen LogP contribution in [0, 0.1) is 6.92 Å². The van der Waals surface area contributed by atoms with Crippen LogP contribution < -0.4 is 4.90 Å². The predicted octanol–water partition coefficient (Wildman–Crippen LogP) is 2.20. The molecular weight excluding hydrogens is 340 g/mol. The quantitative estimate of drug-likeness (QED) is 0.904. The Bertz CT molecular complexity index is 873. The molecule has 132 valence electrons. The van der Waals surface area contributed by atoms with Crippen LogP contribution in [0.5, 0.6) is 0 Å². The molecule has 1 heterocycles. The van der Waals surface area contributed by atoms with Crippen molar-refractivity contribution < 1.29 is 18.3 Å². The molecule has 0 aliphatic carbocycles. The molecule has 1 saturated heterocycles. The zero-order valence-corrected chi connectivity index (χ0v) is 14.7. The molecule has 1 N–H and O–H groups in total. The smallest absolute Gasteiger partial charge is 0.335 e. The first-order valence-corrected chi connectivity index (χ1v) is 9.48. The molecule has 2 aromatic carbocycles. The number of carboxylic acids is 1. The van der Waals surface area contributed by atoms with Crippen LogP contribution in [0.15, 0.2) is 53.4 Å². The van der Waals surface area contributed by atoms with Gasteiger partial charge in [0.1, 0.15) is 0 Å². The van der Waals surface area contributed by atoms with Gasteiger partial charge in [-0.25, -0.2) is 13.2 Å². The van der Waals surface area contributed by atoms with Gasteiger partial charge in [-0.05, 0) is 36.8 Å². The number of anilines is 1. The minimum absolute atomic E-state index is 0.0176. The minimum atomic E-state index is -3.71. The molecule has 25 heavy (non-hydrogen) atoms. The van der Waals surface area contributed by atoms with E-state index in [2.05, 4.69) is 4.90 Å². The minimum Gasteiger partial charge on any atom is -0.478 e. The number of nitrogens with zero attached hydrogens (tertiary/aromatic N) is 2. The maximum absolute atomic E-state index is 12.9. The lowest BCUT2D eigenvalue weighted by molar-refractivity contribution is 0.0696. The van der Waals surface area contributed by atoms with Crippen LogP contribution in [0.4, 0.5) is 5.69 Å². The lowest BCUT2D eigenvalue weighted by Gasteiger charge is -2.35. The maximum atomic E-state index is 12.9. The molecular formula is C18H20N2O4S. The number of benzene rings is 2. The van der Waals surface area contributed by atoms with Crippen molar-refractivity contribution in [3.05, 3.63) is 59.7 Å². The summed E-state index contributed by atoms with van der Waals surface area (Å²) < 4.78 is 27.3. The molecule has 3 rings (SSSR count). The SMILES string of the molecule is Cc1c(C(=O)O)cccc1S(=O)(=O)N1CCN(c2ccccc2)CC1. The van der Waals surface area contributed by atoms with Crippen LogP contribution in [0.1, 0.15) is 15.9 Å². The third kappa shape index (κ3) is 3.38. The molecule has 0 spiro atoms. The molecule has 2 aromatic rings. The lowest BCUT2D eigenvalue weighted by Crippen LogP contribution is -2.48. The number of carbonyl (C=O) groups is 1. The fourth-order valence-corrected chi connectivity index (χ4v) is 4.76. The van der Waals surface area contributed by atoms with Crippen molar-refractivity contribution in [1.82, 2.24) is 4.31 Å². The van der Waals surface area contributed by atoms with Gasteiger partial charge in [0.15, 0.2) is 0 Å². The Morgan fingerprint density at radius 2 is 1.60 bits per heavy atom. The first-order valence-electron chi connectivity index (χ1n) is 8.04. The van der Waals surface area contributed by atoms with E-state index in [-0.39, 0.29) is 16.0 Å². The summed E-state index contributed by atoms with van der Waals surface area (Å²) in [5.74, 6) is -1.12. The second kappa shape index (κ2) is 6.85. The van der Waals surface area contributed by atoms with Crippen molar-refractivity contribution in [1.29, 1.82) is 0 Å². The molecule has 1 fully saturated rings.